The first-order chi connectivity index (χ1) is 6.45. The molecule has 1 atom stereocenters. The van der Waals surface area contributed by atoms with E-state index in [1.165, 1.54) is 24.3 Å². The normalized spacial score (nSPS) is 14.1. The van der Waals surface area contributed by atoms with Gasteiger partial charge in [0.2, 0.25) is 0 Å². The van der Waals surface area contributed by atoms with Crippen LogP contribution in [-0.4, -0.2) is 6.18 Å². The number of hydrogen-bond donors (Lipinski definition) is 0. The van der Waals surface area contributed by atoms with Crippen molar-refractivity contribution >= 4 is 23.2 Å². The van der Waals surface area contributed by atoms with Gasteiger partial charge in [0.1, 0.15) is 0 Å². The monoisotopic (exact) mass is 242 g/mol. The lowest BCUT2D eigenvalue weighted by Gasteiger charge is -2.13. The first kappa shape index (κ1) is 11.7. The van der Waals surface area contributed by atoms with Crippen LogP contribution in [0.25, 0.3) is 0 Å². The third-order valence-electron chi connectivity index (χ3n) is 1.71. The molecule has 0 aliphatic carbocycles. The van der Waals surface area contributed by atoms with Crippen molar-refractivity contribution in [3.8, 4) is 0 Å². The highest BCUT2D eigenvalue weighted by molar-refractivity contribution is 6.21. The van der Waals surface area contributed by atoms with E-state index in [2.05, 4.69) is 0 Å². The van der Waals surface area contributed by atoms with Crippen molar-refractivity contribution in [2.45, 2.75) is 17.4 Å². The Balaban J connectivity index is 2.87. The quantitative estimate of drug-likeness (QED) is 0.680. The first-order valence-corrected chi connectivity index (χ1v) is 4.78. The van der Waals surface area contributed by atoms with E-state index in [0.717, 1.165) is 5.56 Å². The van der Waals surface area contributed by atoms with Crippen molar-refractivity contribution < 1.29 is 13.2 Å². The lowest BCUT2D eigenvalue weighted by molar-refractivity contribution is -0.131. The Bertz CT molecular complexity index is 292. The van der Waals surface area contributed by atoms with Gasteiger partial charge in [0.25, 0.3) is 0 Å². The molecule has 0 aliphatic rings. The molecule has 0 heterocycles. The zero-order chi connectivity index (χ0) is 10.8. The summed E-state index contributed by atoms with van der Waals surface area (Å²) < 4.78 is 36.5. The molecular weight excluding hydrogens is 236 g/mol. The second-order valence-corrected chi connectivity index (χ2v) is 3.48. The molecule has 0 amide bonds. The molecule has 0 N–H and O–H groups in total. The van der Waals surface area contributed by atoms with Gasteiger partial charge in [-0.3, -0.25) is 0 Å². The lowest BCUT2D eigenvalue weighted by Crippen LogP contribution is -2.15. The number of hydrogen-bond acceptors (Lipinski definition) is 0. The summed E-state index contributed by atoms with van der Waals surface area (Å²) in [4.78, 5) is 0. The van der Waals surface area contributed by atoms with Crippen molar-refractivity contribution in [2.75, 3.05) is 0 Å². The fourth-order valence-corrected chi connectivity index (χ4v) is 1.29. The molecule has 0 saturated heterocycles. The predicted molar refractivity (Wildman–Crippen MR) is 50.6 cm³/mol. The SMILES string of the molecule is FC(F)(F)C(Cl)c1ccc(CCl)cc1. The predicted octanol–water partition coefficient (Wildman–Crippen LogP) is 4.27. The highest BCUT2D eigenvalue weighted by atomic mass is 35.5. The van der Waals surface area contributed by atoms with Crippen LogP contribution in [-0.2, 0) is 5.88 Å². The summed E-state index contributed by atoms with van der Waals surface area (Å²) in [6.07, 6.45) is -4.41. The van der Waals surface area contributed by atoms with Crippen LogP contribution in [0.3, 0.4) is 0 Å². The Morgan fingerprint density at radius 2 is 1.64 bits per heavy atom. The van der Waals surface area contributed by atoms with Crippen LogP contribution in [0.2, 0.25) is 0 Å². The Morgan fingerprint density at radius 1 is 1.14 bits per heavy atom. The fourth-order valence-electron chi connectivity index (χ4n) is 0.965. The molecular formula is C9H7Cl2F3. The van der Waals surface area contributed by atoms with E-state index in [4.69, 9.17) is 23.2 Å². The molecule has 0 nitrogen and oxygen atoms in total. The van der Waals surface area contributed by atoms with E-state index in [-0.39, 0.29) is 11.4 Å². The summed E-state index contributed by atoms with van der Waals surface area (Å²) in [5, 5.41) is -1.95. The summed E-state index contributed by atoms with van der Waals surface area (Å²) in [5.74, 6) is 0.277. The molecule has 14 heavy (non-hydrogen) atoms. The maximum Gasteiger partial charge on any atom is 0.408 e. The van der Waals surface area contributed by atoms with E-state index < -0.39 is 11.6 Å². The fraction of sp³-hybridized carbons (Fsp3) is 0.333. The highest BCUT2D eigenvalue weighted by Crippen LogP contribution is 2.37. The molecule has 0 aromatic heterocycles. The molecule has 1 rings (SSSR count). The van der Waals surface area contributed by atoms with Crippen molar-refractivity contribution in [1.29, 1.82) is 0 Å². The average Bonchev–Trinajstić information content (AvgIpc) is 2.15. The summed E-state index contributed by atoms with van der Waals surface area (Å²) in [6.45, 7) is 0. The Morgan fingerprint density at radius 3 is 2.00 bits per heavy atom. The third-order valence-corrected chi connectivity index (χ3v) is 2.52. The van der Waals surface area contributed by atoms with Crippen LogP contribution in [0, 0.1) is 0 Å². The average molecular weight is 243 g/mol. The van der Waals surface area contributed by atoms with E-state index in [1.807, 2.05) is 0 Å². The van der Waals surface area contributed by atoms with Crippen molar-refractivity contribution in [3.05, 3.63) is 35.4 Å². The third kappa shape index (κ3) is 2.79. The van der Waals surface area contributed by atoms with Gasteiger partial charge in [0.05, 0.1) is 0 Å². The minimum Gasteiger partial charge on any atom is -0.169 e. The van der Waals surface area contributed by atoms with E-state index in [0.29, 0.717) is 0 Å². The molecule has 5 heteroatoms. The maximum absolute atomic E-state index is 12.2. The molecule has 1 aromatic rings. The van der Waals surface area contributed by atoms with Crippen molar-refractivity contribution in [3.63, 3.8) is 0 Å². The topological polar surface area (TPSA) is 0 Å². The maximum atomic E-state index is 12.2. The van der Waals surface area contributed by atoms with Crippen molar-refractivity contribution in [2.24, 2.45) is 0 Å². The van der Waals surface area contributed by atoms with Gasteiger partial charge in [-0.1, -0.05) is 24.3 Å². The molecule has 0 aliphatic heterocycles. The van der Waals surface area contributed by atoms with Gasteiger partial charge in [-0.25, -0.2) is 0 Å². The van der Waals surface area contributed by atoms with E-state index in [9.17, 15) is 13.2 Å². The van der Waals surface area contributed by atoms with Crippen LogP contribution in [0.5, 0.6) is 0 Å². The summed E-state index contributed by atoms with van der Waals surface area (Å²) >= 11 is 10.7. The van der Waals surface area contributed by atoms with Crippen LogP contribution in [0.15, 0.2) is 24.3 Å². The van der Waals surface area contributed by atoms with Crippen molar-refractivity contribution in [1.82, 2.24) is 0 Å². The van der Waals surface area contributed by atoms with Gasteiger partial charge in [-0.2, -0.15) is 13.2 Å². The highest BCUT2D eigenvalue weighted by Gasteiger charge is 2.39. The van der Waals surface area contributed by atoms with Gasteiger partial charge in [0, 0.05) is 5.88 Å². The van der Waals surface area contributed by atoms with E-state index >= 15 is 0 Å². The minimum atomic E-state index is -4.41. The van der Waals surface area contributed by atoms with Gasteiger partial charge >= 0.3 is 6.18 Å². The number of alkyl halides is 5. The Labute approximate surface area is 89.6 Å². The molecule has 78 valence electrons. The van der Waals surface area contributed by atoms with E-state index in [1.54, 1.807) is 0 Å². The molecule has 0 spiro atoms. The second kappa shape index (κ2) is 4.41. The standard InChI is InChI=1S/C9H7Cl2F3/c10-5-6-1-3-7(4-2-6)8(11)9(12,13)14/h1-4,8H,5H2. The zero-order valence-electron chi connectivity index (χ0n) is 6.98. The molecule has 1 aromatic carbocycles. The number of benzene rings is 1. The smallest absolute Gasteiger partial charge is 0.169 e. The molecule has 0 radical (unpaired) electrons. The summed E-state index contributed by atoms with van der Waals surface area (Å²) in [6, 6.07) is 5.73. The summed E-state index contributed by atoms with van der Waals surface area (Å²) in [7, 11) is 0. The Hall–Kier alpha value is -0.410. The number of halogens is 5. The first-order valence-electron chi connectivity index (χ1n) is 3.80. The lowest BCUT2D eigenvalue weighted by atomic mass is 10.1. The minimum absolute atomic E-state index is 0.0352. The summed E-state index contributed by atoms with van der Waals surface area (Å²) in [5.41, 5.74) is 0.800. The number of rotatable bonds is 2. The van der Waals surface area contributed by atoms with Gasteiger partial charge in [-0.05, 0) is 11.1 Å². The van der Waals surface area contributed by atoms with Crippen LogP contribution >= 0.6 is 23.2 Å². The van der Waals surface area contributed by atoms with Gasteiger partial charge in [0.15, 0.2) is 5.38 Å². The van der Waals surface area contributed by atoms with Crippen LogP contribution in [0.1, 0.15) is 16.5 Å². The molecule has 0 saturated carbocycles. The molecule has 0 bridgehead atoms. The molecule has 1 unspecified atom stereocenters. The van der Waals surface area contributed by atoms with Gasteiger partial charge < -0.3 is 0 Å². The second-order valence-electron chi connectivity index (χ2n) is 2.78. The Kier molecular flexibility index (Phi) is 3.67. The largest absolute Gasteiger partial charge is 0.408 e. The van der Waals surface area contributed by atoms with Gasteiger partial charge in [-0.15, -0.1) is 23.2 Å². The zero-order valence-corrected chi connectivity index (χ0v) is 8.50. The van der Waals surface area contributed by atoms with Crippen LogP contribution < -0.4 is 0 Å². The van der Waals surface area contributed by atoms with Crippen LogP contribution in [0.4, 0.5) is 13.2 Å². The molecule has 0 fully saturated rings.